The van der Waals surface area contributed by atoms with E-state index in [1.54, 1.807) is 32.9 Å². The molecular weight excluding hydrogens is 678 g/mol. The van der Waals surface area contributed by atoms with Gasteiger partial charge >= 0.3 is 5.97 Å². The second-order valence-corrected chi connectivity index (χ2v) is 15.5. The molecule has 0 spiro atoms. The number of carbonyl (C=O) groups is 6. The fourth-order valence-electron chi connectivity index (χ4n) is 6.65. The van der Waals surface area contributed by atoms with Gasteiger partial charge in [0.15, 0.2) is 0 Å². The molecule has 1 heterocycles. The Morgan fingerprint density at radius 1 is 0.849 bits per heavy atom. The van der Waals surface area contributed by atoms with Gasteiger partial charge in [-0.25, -0.2) is 4.79 Å². The van der Waals surface area contributed by atoms with Crippen LogP contribution in [0.1, 0.15) is 107 Å². The van der Waals surface area contributed by atoms with E-state index in [4.69, 9.17) is 4.74 Å². The first-order chi connectivity index (χ1) is 24.9. The maximum atomic E-state index is 14.0. The molecule has 2 rings (SSSR count). The highest BCUT2D eigenvalue weighted by molar-refractivity contribution is 5.99. The largest absolute Gasteiger partial charge is 0.508 e. The molecule has 1 saturated heterocycles. The predicted molar refractivity (Wildman–Crippen MR) is 203 cm³/mol. The fraction of sp³-hybridized carbons (Fsp3) is 0.650. The maximum Gasteiger partial charge on any atom is 0.354 e. The Hall–Kier alpha value is -4.42. The highest BCUT2D eigenvalue weighted by Gasteiger charge is 2.37. The van der Waals surface area contributed by atoms with E-state index in [1.807, 2.05) is 13.8 Å². The van der Waals surface area contributed by atoms with E-state index in [9.17, 15) is 33.9 Å². The summed E-state index contributed by atoms with van der Waals surface area (Å²) in [5, 5.41) is 23.3. The van der Waals surface area contributed by atoms with Crippen LogP contribution < -0.4 is 26.6 Å². The van der Waals surface area contributed by atoms with Crippen LogP contribution in [0.25, 0.3) is 0 Å². The first-order valence-electron chi connectivity index (χ1n) is 19.0. The number of phenolic OH excluding ortho intramolecular Hbond substituents is 1. The van der Waals surface area contributed by atoms with Gasteiger partial charge in [-0.2, -0.15) is 0 Å². The van der Waals surface area contributed by atoms with Crippen molar-refractivity contribution in [3.05, 3.63) is 41.6 Å². The number of aromatic hydroxyl groups is 1. The van der Waals surface area contributed by atoms with E-state index in [-0.39, 0.29) is 36.1 Å². The standard InChI is InChI=1S/C40H63N5O8/c1-11-13-24(7)19-25(8)20-26(9)35(47)45-34-27(10)53-40(52)30(12-2)41-36(48)32(21-28-14-16-29(46)17-15-28)43-38(50)33(23(5)6)44-37(49)31(18-22(3)4)42-39(34)51/h12,14-17,22-27,31-34,46H,11,13,18-21H2,1-10H3,(H,41,48)(H,42,51)(H,43,50)(H,44,49)(H,45,47)/b30-12-/t24-,25-,26-,27+,31+,32-,33+,34+/m1/s1. The van der Waals surface area contributed by atoms with Gasteiger partial charge in [-0.1, -0.05) is 86.4 Å². The summed E-state index contributed by atoms with van der Waals surface area (Å²) in [6, 6.07) is 1.31. The van der Waals surface area contributed by atoms with Gasteiger partial charge in [0.2, 0.25) is 29.5 Å². The van der Waals surface area contributed by atoms with Gasteiger partial charge in [0.1, 0.15) is 41.7 Å². The lowest BCUT2D eigenvalue weighted by Gasteiger charge is -2.31. The molecule has 0 aliphatic carbocycles. The minimum Gasteiger partial charge on any atom is -0.508 e. The van der Waals surface area contributed by atoms with Crippen molar-refractivity contribution in [1.82, 2.24) is 26.6 Å². The number of hydrogen-bond acceptors (Lipinski definition) is 8. The topological polar surface area (TPSA) is 192 Å². The van der Waals surface area contributed by atoms with Crippen molar-refractivity contribution in [3.8, 4) is 5.75 Å². The van der Waals surface area contributed by atoms with Crippen molar-refractivity contribution in [2.45, 2.75) is 138 Å². The van der Waals surface area contributed by atoms with Crippen molar-refractivity contribution >= 4 is 35.5 Å². The summed E-state index contributed by atoms with van der Waals surface area (Å²) in [5.41, 5.74) is 0.373. The van der Waals surface area contributed by atoms with Crippen molar-refractivity contribution in [3.63, 3.8) is 0 Å². The summed E-state index contributed by atoms with van der Waals surface area (Å²) in [6.45, 7) is 18.4. The number of carbonyl (C=O) groups excluding carboxylic acids is 6. The Morgan fingerprint density at radius 3 is 2.04 bits per heavy atom. The van der Waals surface area contributed by atoms with E-state index < -0.39 is 77.6 Å². The smallest absolute Gasteiger partial charge is 0.354 e. The van der Waals surface area contributed by atoms with E-state index in [0.29, 0.717) is 17.9 Å². The molecular formula is C40H63N5O8. The predicted octanol–water partition coefficient (Wildman–Crippen LogP) is 4.03. The number of nitrogens with one attached hydrogen (secondary N) is 5. The average molecular weight is 742 g/mol. The molecule has 13 nitrogen and oxygen atoms in total. The van der Waals surface area contributed by atoms with E-state index in [2.05, 4.69) is 47.4 Å². The molecule has 1 aliphatic heterocycles. The minimum absolute atomic E-state index is 0.00643. The highest BCUT2D eigenvalue weighted by Crippen LogP contribution is 2.23. The SMILES string of the molecule is C/C=C1\NC(=O)[C@@H](Cc2ccc(O)cc2)NC(=O)[C@H](C(C)C)NC(=O)[C@H](CC(C)C)NC(=O)[C@@H](NC(=O)[C@H](C)C[C@H](C)C[C@H](C)CCC)[C@H](C)OC1=O. The summed E-state index contributed by atoms with van der Waals surface area (Å²) >= 11 is 0. The Labute approximate surface area is 315 Å². The number of cyclic esters (lactones) is 1. The number of benzene rings is 1. The van der Waals surface area contributed by atoms with Crippen LogP contribution in [0, 0.1) is 29.6 Å². The second kappa shape index (κ2) is 21.3. The molecule has 8 atom stereocenters. The van der Waals surface area contributed by atoms with E-state index >= 15 is 0 Å². The van der Waals surface area contributed by atoms with Crippen LogP contribution in [0.4, 0.5) is 0 Å². The second-order valence-electron chi connectivity index (χ2n) is 15.5. The number of rotatable bonds is 13. The molecule has 5 amide bonds. The Balaban J connectivity index is 2.54. The average Bonchev–Trinajstić information content (AvgIpc) is 3.07. The summed E-state index contributed by atoms with van der Waals surface area (Å²) in [7, 11) is 0. The van der Waals surface area contributed by atoms with E-state index in [0.717, 1.165) is 19.3 Å². The molecule has 1 fully saturated rings. The highest BCUT2D eigenvalue weighted by atomic mass is 16.5. The molecule has 0 radical (unpaired) electrons. The number of amides is 5. The zero-order valence-electron chi connectivity index (χ0n) is 33.2. The molecule has 0 saturated carbocycles. The monoisotopic (exact) mass is 741 g/mol. The first kappa shape index (κ1) is 44.7. The zero-order valence-corrected chi connectivity index (χ0v) is 33.2. The van der Waals surface area contributed by atoms with Crippen molar-refractivity contribution < 1.29 is 38.6 Å². The van der Waals surface area contributed by atoms with Gasteiger partial charge in [0.25, 0.3) is 0 Å². The molecule has 1 aromatic rings. The summed E-state index contributed by atoms with van der Waals surface area (Å²) in [4.78, 5) is 82.4. The van der Waals surface area contributed by atoms with Crippen LogP contribution in [0.15, 0.2) is 36.0 Å². The number of hydrogen-bond donors (Lipinski definition) is 6. The van der Waals surface area contributed by atoms with Crippen LogP contribution in [0.3, 0.4) is 0 Å². The number of esters is 1. The summed E-state index contributed by atoms with van der Waals surface area (Å²) < 4.78 is 5.69. The minimum atomic E-state index is -1.39. The molecule has 53 heavy (non-hydrogen) atoms. The molecule has 0 bridgehead atoms. The van der Waals surface area contributed by atoms with Crippen LogP contribution in [-0.2, 0) is 39.9 Å². The van der Waals surface area contributed by atoms with Crippen LogP contribution in [0.5, 0.6) is 5.75 Å². The molecule has 6 N–H and O–H groups in total. The lowest BCUT2D eigenvalue weighted by atomic mass is 9.87. The number of allylic oxidation sites excluding steroid dienone is 1. The molecule has 296 valence electrons. The van der Waals surface area contributed by atoms with Gasteiger partial charge in [0, 0.05) is 12.3 Å². The maximum absolute atomic E-state index is 14.0. The normalized spacial score (nSPS) is 24.8. The van der Waals surface area contributed by atoms with Crippen LogP contribution in [-0.4, -0.2) is 70.9 Å². The molecule has 1 aromatic carbocycles. The Morgan fingerprint density at radius 2 is 1.47 bits per heavy atom. The van der Waals surface area contributed by atoms with E-state index in [1.165, 1.54) is 32.1 Å². The van der Waals surface area contributed by atoms with Crippen LogP contribution >= 0.6 is 0 Å². The fourth-order valence-corrected chi connectivity index (χ4v) is 6.65. The number of ether oxygens (including phenoxy) is 1. The summed E-state index contributed by atoms with van der Waals surface area (Å²) in [5.74, 6) is -4.28. The molecule has 1 aliphatic rings. The molecule has 13 heteroatoms. The number of phenols is 1. The lowest BCUT2D eigenvalue weighted by Crippen LogP contribution is -2.61. The summed E-state index contributed by atoms with van der Waals surface area (Å²) in [6.07, 6.45) is 4.03. The van der Waals surface area contributed by atoms with Gasteiger partial charge in [-0.3, -0.25) is 24.0 Å². The van der Waals surface area contributed by atoms with Gasteiger partial charge < -0.3 is 36.4 Å². The van der Waals surface area contributed by atoms with Gasteiger partial charge in [-0.05, 0) is 74.5 Å². The zero-order chi connectivity index (χ0) is 40.0. The first-order valence-corrected chi connectivity index (χ1v) is 19.0. The lowest BCUT2D eigenvalue weighted by molar-refractivity contribution is -0.150. The third kappa shape index (κ3) is 14.5. The quantitative estimate of drug-likeness (QED) is 0.129. The van der Waals surface area contributed by atoms with Gasteiger partial charge in [-0.15, -0.1) is 0 Å². The third-order valence-corrected chi connectivity index (χ3v) is 9.49. The third-order valence-electron chi connectivity index (χ3n) is 9.49. The molecule has 0 unspecified atom stereocenters. The Bertz CT molecular complexity index is 1440. The van der Waals surface area contributed by atoms with Crippen LogP contribution in [0.2, 0.25) is 0 Å². The van der Waals surface area contributed by atoms with Crippen molar-refractivity contribution in [2.24, 2.45) is 29.6 Å². The van der Waals surface area contributed by atoms with Crippen molar-refractivity contribution in [2.75, 3.05) is 0 Å². The molecule has 0 aromatic heterocycles. The van der Waals surface area contributed by atoms with Gasteiger partial charge in [0.05, 0.1) is 0 Å². The Kier molecular flexibility index (Phi) is 18.0. The van der Waals surface area contributed by atoms with Crippen molar-refractivity contribution in [1.29, 1.82) is 0 Å².